The minimum Gasteiger partial charge on any atom is -0.507 e. The van der Waals surface area contributed by atoms with Crippen LogP contribution in [0.3, 0.4) is 0 Å². The van der Waals surface area contributed by atoms with E-state index in [4.69, 9.17) is 22.5 Å². The molecule has 1 amide bonds. The van der Waals surface area contributed by atoms with Crippen molar-refractivity contribution in [3.05, 3.63) is 58.6 Å². The maximum Gasteiger partial charge on any atom is 0.259 e. The Morgan fingerprint density at radius 3 is 2.62 bits per heavy atom. The first-order valence-corrected chi connectivity index (χ1v) is 6.27. The zero-order valence-electron chi connectivity index (χ0n) is 10.7. The summed E-state index contributed by atoms with van der Waals surface area (Å²) in [5.74, 6) is -0.768. The molecule has 2 aromatic carbocycles. The Balaban J connectivity index is 2.31. The number of aromatic hydroxyl groups is 1. The van der Waals surface area contributed by atoms with Gasteiger partial charge in [-0.25, -0.2) is 0 Å². The maximum absolute atomic E-state index is 12.1. The molecule has 0 saturated carbocycles. The van der Waals surface area contributed by atoms with Gasteiger partial charge in [0.1, 0.15) is 5.75 Å². The van der Waals surface area contributed by atoms with Gasteiger partial charge in [0.25, 0.3) is 5.91 Å². The van der Waals surface area contributed by atoms with Gasteiger partial charge >= 0.3 is 0 Å². The molecule has 5 N–H and O–H groups in total. The molecule has 7 heteroatoms. The van der Waals surface area contributed by atoms with Crippen LogP contribution in [0.5, 0.6) is 5.75 Å². The molecule has 0 aromatic heterocycles. The third-order valence-corrected chi connectivity index (χ3v) is 3.10. The quantitative estimate of drug-likeness (QED) is 0.302. The van der Waals surface area contributed by atoms with E-state index in [0.717, 1.165) is 0 Å². The molecule has 2 aromatic rings. The highest BCUT2D eigenvalue weighted by atomic mass is 35.5. The highest BCUT2D eigenvalue weighted by molar-refractivity contribution is 6.34. The van der Waals surface area contributed by atoms with E-state index in [1.165, 1.54) is 24.3 Å². The van der Waals surface area contributed by atoms with E-state index in [-0.39, 0.29) is 27.9 Å². The number of nitrogens with zero attached hydrogens (tertiary/aromatic N) is 1. The molecular formula is C14H12ClN3O3. The molecule has 2 rings (SSSR count). The summed E-state index contributed by atoms with van der Waals surface area (Å²) in [5, 5.41) is 24.0. The molecular weight excluding hydrogens is 294 g/mol. The number of rotatable bonds is 3. The van der Waals surface area contributed by atoms with E-state index in [2.05, 4.69) is 10.5 Å². The second kappa shape index (κ2) is 6.15. The highest BCUT2D eigenvalue weighted by Gasteiger charge is 2.13. The van der Waals surface area contributed by atoms with Crippen molar-refractivity contribution < 1.29 is 15.1 Å². The van der Waals surface area contributed by atoms with Crippen LogP contribution in [0.1, 0.15) is 15.9 Å². The number of phenols is 1. The number of nitrogens with one attached hydrogen (secondary N) is 1. The van der Waals surface area contributed by atoms with Crippen LogP contribution < -0.4 is 11.1 Å². The Bertz CT molecular complexity index is 716. The summed E-state index contributed by atoms with van der Waals surface area (Å²) >= 11 is 6.00. The van der Waals surface area contributed by atoms with Gasteiger partial charge < -0.3 is 21.4 Å². The van der Waals surface area contributed by atoms with E-state index in [1.54, 1.807) is 18.2 Å². The molecule has 0 bridgehead atoms. The number of halogens is 1. The van der Waals surface area contributed by atoms with Crippen molar-refractivity contribution in [3.8, 4) is 5.75 Å². The van der Waals surface area contributed by atoms with Crippen molar-refractivity contribution in [3.63, 3.8) is 0 Å². The van der Waals surface area contributed by atoms with Gasteiger partial charge in [-0.05, 0) is 30.3 Å². The third kappa shape index (κ3) is 3.24. The number of anilines is 1. The number of para-hydroxylation sites is 1. The van der Waals surface area contributed by atoms with Gasteiger partial charge in [0.2, 0.25) is 0 Å². The number of phenolic OH excluding ortho intramolecular Hbond substituents is 1. The minimum absolute atomic E-state index is 0.107. The molecule has 0 unspecified atom stereocenters. The summed E-state index contributed by atoms with van der Waals surface area (Å²) in [6.45, 7) is 0. The molecule has 0 atom stereocenters. The number of nitrogens with two attached hydrogens (primary N) is 1. The lowest BCUT2D eigenvalue weighted by Crippen LogP contribution is -2.15. The first-order valence-electron chi connectivity index (χ1n) is 5.89. The first-order chi connectivity index (χ1) is 10.0. The molecule has 0 spiro atoms. The SMILES string of the molecule is N/C(=N/O)c1ccc(Cl)c(NC(=O)c2ccccc2O)c1. The van der Waals surface area contributed by atoms with Gasteiger partial charge in [0.05, 0.1) is 16.3 Å². The molecule has 0 aliphatic heterocycles. The normalized spacial score (nSPS) is 11.2. The number of amides is 1. The molecule has 0 saturated heterocycles. The van der Waals surface area contributed by atoms with E-state index in [1.807, 2.05) is 0 Å². The van der Waals surface area contributed by atoms with E-state index in [9.17, 15) is 9.90 Å². The van der Waals surface area contributed by atoms with E-state index in [0.29, 0.717) is 5.56 Å². The molecule has 108 valence electrons. The van der Waals surface area contributed by atoms with Crippen molar-refractivity contribution in [2.45, 2.75) is 0 Å². The Labute approximate surface area is 125 Å². The van der Waals surface area contributed by atoms with Gasteiger partial charge in [-0.3, -0.25) is 4.79 Å². The fraction of sp³-hybridized carbons (Fsp3) is 0. The van der Waals surface area contributed by atoms with Crippen LogP contribution >= 0.6 is 11.6 Å². The fourth-order valence-electron chi connectivity index (χ4n) is 1.69. The number of hydrogen-bond acceptors (Lipinski definition) is 4. The predicted octanol–water partition coefficient (Wildman–Crippen LogP) is 2.39. The van der Waals surface area contributed by atoms with Crippen molar-refractivity contribution in [2.75, 3.05) is 5.32 Å². The standard InChI is InChI=1S/C14H12ClN3O3/c15-10-6-5-8(13(16)18-21)7-11(10)17-14(20)9-3-1-2-4-12(9)19/h1-7,19,21H,(H2,16,18)(H,17,20). The molecule has 0 fully saturated rings. The fourth-order valence-corrected chi connectivity index (χ4v) is 1.86. The van der Waals surface area contributed by atoms with Crippen molar-refractivity contribution in [1.82, 2.24) is 0 Å². The summed E-state index contributed by atoms with van der Waals surface area (Å²) in [6, 6.07) is 10.6. The van der Waals surface area contributed by atoms with Crippen LogP contribution in [0.2, 0.25) is 5.02 Å². The number of benzene rings is 2. The predicted molar refractivity (Wildman–Crippen MR) is 80.0 cm³/mol. The van der Waals surface area contributed by atoms with Crippen LogP contribution in [0, 0.1) is 0 Å². The molecule has 6 nitrogen and oxygen atoms in total. The average Bonchev–Trinajstić information content (AvgIpc) is 2.49. The average molecular weight is 306 g/mol. The number of hydrogen-bond donors (Lipinski definition) is 4. The van der Waals surface area contributed by atoms with Crippen LogP contribution in [0.15, 0.2) is 47.6 Å². The molecule has 21 heavy (non-hydrogen) atoms. The first kappa shape index (κ1) is 14.7. The van der Waals surface area contributed by atoms with Crippen LogP contribution in [0.25, 0.3) is 0 Å². The summed E-state index contributed by atoms with van der Waals surface area (Å²) in [4.78, 5) is 12.1. The second-order valence-electron chi connectivity index (χ2n) is 4.15. The van der Waals surface area contributed by atoms with Crippen LogP contribution in [0.4, 0.5) is 5.69 Å². The monoisotopic (exact) mass is 305 g/mol. The Kier molecular flexibility index (Phi) is 4.30. The van der Waals surface area contributed by atoms with Crippen LogP contribution in [-0.4, -0.2) is 22.1 Å². The molecule has 0 aliphatic carbocycles. The number of amidine groups is 1. The Morgan fingerprint density at radius 2 is 1.95 bits per heavy atom. The van der Waals surface area contributed by atoms with Gasteiger partial charge in [-0.2, -0.15) is 0 Å². The van der Waals surface area contributed by atoms with Crippen LogP contribution in [-0.2, 0) is 0 Å². The zero-order chi connectivity index (χ0) is 15.4. The highest BCUT2D eigenvalue weighted by Crippen LogP contribution is 2.25. The Morgan fingerprint density at radius 1 is 1.24 bits per heavy atom. The van der Waals surface area contributed by atoms with Crippen molar-refractivity contribution >= 4 is 29.0 Å². The Hall–Kier alpha value is -2.73. The second-order valence-corrected chi connectivity index (χ2v) is 4.56. The molecule has 0 aliphatic rings. The summed E-state index contributed by atoms with van der Waals surface area (Å²) in [5.41, 5.74) is 6.28. The van der Waals surface area contributed by atoms with Gasteiger partial charge in [0, 0.05) is 5.56 Å². The summed E-state index contributed by atoms with van der Waals surface area (Å²) < 4.78 is 0. The lowest BCUT2D eigenvalue weighted by Gasteiger charge is -2.10. The lowest BCUT2D eigenvalue weighted by atomic mass is 10.1. The topological polar surface area (TPSA) is 108 Å². The van der Waals surface area contributed by atoms with Crippen molar-refractivity contribution in [1.29, 1.82) is 0 Å². The molecule has 0 radical (unpaired) electrons. The summed E-state index contributed by atoms with van der Waals surface area (Å²) in [7, 11) is 0. The largest absolute Gasteiger partial charge is 0.507 e. The maximum atomic E-state index is 12.1. The zero-order valence-corrected chi connectivity index (χ0v) is 11.5. The lowest BCUT2D eigenvalue weighted by molar-refractivity contribution is 0.102. The minimum atomic E-state index is -0.522. The van der Waals surface area contributed by atoms with Gasteiger partial charge in [-0.15, -0.1) is 0 Å². The third-order valence-electron chi connectivity index (χ3n) is 2.77. The molecule has 0 heterocycles. The van der Waals surface area contributed by atoms with Gasteiger partial charge in [0.15, 0.2) is 5.84 Å². The van der Waals surface area contributed by atoms with E-state index < -0.39 is 5.91 Å². The van der Waals surface area contributed by atoms with Gasteiger partial charge in [-0.1, -0.05) is 28.9 Å². The van der Waals surface area contributed by atoms with E-state index >= 15 is 0 Å². The number of carbonyl (C=O) groups is 1. The smallest absolute Gasteiger partial charge is 0.259 e. The summed E-state index contributed by atoms with van der Waals surface area (Å²) in [6.07, 6.45) is 0. The van der Waals surface area contributed by atoms with Crippen molar-refractivity contribution in [2.24, 2.45) is 10.9 Å². The number of oxime groups is 1. The number of carbonyl (C=O) groups excluding carboxylic acids is 1.